The first kappa shape index (κ1) is 9.33. The molecule has 0 N–H and O–H groups in total. The van der Waals surface area contributed by atoms with E-state index in [2.05, 4.69) is 10.1 Å². The van der Waals surface area contributed by atoms with Crippen LogP contribution < -0.4 is 0 Å². The van der Waals surface area contributed by atoms with Crippen molar-refractivity contribution in [1.29, 1.82) is 0 Å². The number of ether oxygens (including phenoxy) is 1. The van der Waals surface area contributed by atoms with Gasteiger partial charge in [-0.25, -0.2) is 4.98 Å². The summed E-state index contributed by atoms with van der Waals surface area (Å²) < 4.78 is 8.07. The van der Waals surface area contributed by atoms with Crippen LogP contribution in [0.5, 0.6) is 0 Å². The average Bonchev–Trinajstić information content (AvgIpc) is 2.92. The zero-order valence-electron chi connectivity index (χ0n) is 8.93. The Morgan fingerprint density at radius 2 is 2.20 bits per heavy atom. The van der Waals surface area contributed by atoms with Crippen molar-refractivity contribution in [2.45, 2.75) is 56.8 Å². The third-order valence-corrected chi connectivity index (χ3v) is 3.71. The molecule has 1 spiro atoms. The van der Waals surface area contributed by atoms with Crippen molar-refractivity contribution in [2.75, 3.05) is 0 Å². The average molecular weight is 207 g/mol. The van der Waals surface area contributed by atoms with Crippen molar-refractivity contribution in [3.8, 4) is 0 Å². The van der Waals surface area contributed by atoms with Crippen LogP contribution in [0.3, 0.4) is 0 Å². The van der Waals surface area contributed by atoms with Gasteiger partial charge < -0.3 is 4.74 Å². The van der Waals surface area contributed by atoms with Gasteiger partial charge in [0.1, 0.15) is 12.7 Å². The lowest BCUT2D eigenvalue weighted by Crippen LogP contribution is -2.26. The van der Waals surface area contributed by atoms with Gasteiger partial charge in [-0.15, -0.1) is 0 Å². The van der Waals surface area contributed by atoms with Crippen LogP contribution in [0, 0.1) is 0 Å². The largest absolute Gasteiger partial charge is 0.370 e. The molecule has 3 rings (SSSR count). The van der Waals surface area contributed by atoms with E-state index in [1.807, 2.05) is 4.68 Å². The molecule has 1 aromatic heterocycles. The van der Waals surface area contributed by atoms with Gasteiger partial charge in [0.05, 0.1) is 18.2 Å². The molecule has 1 saturated carbocycles. The molecule has 0 amide bonds. The van der Waals surface area contributed by atoms with Gasteiger partial charge in [0.15, 0.2) is 0 Å². The molecule has 0 radical (unpaired) electrons. The molecule has 2 fully saturated rings. The fourth-order valence-corrected chi connectivity index (χ4v) is 2.95. The SMILES string of the molecule is c1ncn(CC2CCC3(CCCC3)O2)n1. The molecular formula is C11H17N3O. The molecule has 1 saturated heterocycles. The van der Waals surface area contributed by atoms with Crippen molar-refractivity contribution in [3.63, 3.8) is 0 Å². The summed E-state index contributed by atoms with van der Waals surface area (Å²) in [5.41, 5.74) is 0.241. The Morgan fingerprint density at radius 3 is 2.93 bits per heavy atom. The van der Waals surface area contributed by atoms with Gasteiger partial charge >= 0.3 is 0 Å². The maximum Gasteiger partial charge on any atom is 0.137 e. The summed E-state index contributed by atoms with van der Waals surface area (Å²) >= 11 is 0. The van der Waals surface area contributed by atoms with Gasteiger partial charge in [-0.1, -0.05) is 12.8 Å². The Morgan fingerprint density at radius 1 is 1.33 bits per heavy atom. The Bertz CT molecular complexity index is 317. The van der Waals surface area contributed by atoms with Crippen molar-refractivity contribution in [1.82, 2.24) is 14.8 Å². The molecule has 1 aliphatic carbocycles. The van der Waals surface area contributed by atoms with E-state index in [9.17, 15) is 0 Å². The van der Waals surface area contributed by atoms with Crippen LogP contribution >= 0.6 is 0 Å². The smallest absolute Gasteiger partial charge is 0.137 e. The number of aromatic nitrogens is 3. The second kappa shape index (κ2) is 3.59. The normalized spacial score (nSPS) is 28.9. The topological polar surface area (TPSA) is 39.9 Å². The molecule has 2 aliphatic rings. The predicted octanol–water partition coefficient (Wildman–Crippen LogP) is 1.77. The monoisotopic (exact) mass is 207 g/mol. The van der Waals surface area contributed by atoms with Crippen molar-refractivity contribution >= 4 is 0 Å². The first-order chi connectivity index (χ1) is 7.36. The third kappa shape index (κ3) is 1.78. The van der Waals surface area contributed by atoms with E-state index in [4.69, 9.17) is 4.74 Å². The van der Waals surface area contributed by atoms with E-state index >= 15 is 0 Å². The Balaban J connectivity index is 1.61. The molecule has 4 heteroatoms. The summed E-state index contributed by atoms with van der Waals surface area (Å²) in [7, 11) is 0. The van der Waals surface area contributed by atoms with E-state index in [1.165, 1.54) is 38.5 Å². The highest BCUT2D eigenvalue weighted by atomic mass is 16.5. The Labute approximate surface area is 89.6 Å². The summed E-state index contributed by atoms with van der Waals surface area (Å²) in [4.78, 5) is 3.95. The molecular weight excluding hydrogens is 190 g/mol. The maximum atomic E-state index is 6.19. The van der Waals surface area contributed by atoms with E-state index in [0.29, 0.717) is 6.10 Å². The summed E-state index contributed by atoms with van der Waals surface area (Å²) in [5, 5.41) is 4.12. The van der Waals surface area contributed by atoms with Gasteiger partial charge in [0, 0.05) is 0 Å². The third-order valence-electron chi connectivity index (χ3n) is 3.71. The van der Waals surface area contributed by atoms with Crippen LogP contribution in [0.2, 0.25) is 0 Å². The summed E-state index contributed by atoms with van der Waals surface area (Å²) in [6.07, 6.45) is 11.3. The maximum absolute atomic E-state index is 6.19. The minimum Gasteiger partial charge on any atom is -0.370 e. The summed E-state index contributed by atoms with van der Waals surface area (Å²) in [6, 6.07) is 0. The van der Waals surface area contributed by atoms with Gasteiger partial charge in [0.25, 0.3) is 0 Å². The number of rotatable bonds is 2. The van der Waals surface area contributed by atoms with Crippen LogP contribution in [0.25, 0.3) is 0 Å². The lowest BCUT2D eigenvalue weighted by molar-refractivity contribution is -0.0429. The van der Waals surface area contributed by atoms with E-state index in [0.717, 1.165) is 6.54 Å². The van der Waals surface area contributed by atoms with E-state index < -0.39 is 0 Å². The number of nitrogens with zero attached hydrogens (tertiary/aromatic N) is 3. The second-order valence-corrected chi connectivity index (χ2v) is 4.79. The Kier molecular flexibility index (Phi) is 2.24. The molecule has 1 atom stereocenters. The predicted molar refractivity (Wildman–Crippen MR) is 55.3 cm³/mol. The van der Waals surface area contributed by atoms with Crippen LogP contribution in [0.4, 0.5) is 0 Å². The fraction of sp³-hybridized carbons (Fsp3) is 0.818. The van der Waals surface area contributed by atoms with Crippen LogP contribution in [0.15, 0.2) is 12.7 Å². The van der Waals surface area contributed by atoms with Gasteiger partial charge in [0.2, 0.25) is 0 Å². The zero-order valence-corrected chi connectivity index (χ0v) is 8.93. The Hall–Kier alpha value is -0.900. The highest BCUT2D eigenvalue weighted by Gasteiger charge is 2.42. The van der Waals surface area contributed by atoms with E-state index in [1.54, 1.807) is 12.7 Å². The van der Waals surface area contributed by atoms with Gasteiger partial charge in [-0.05, 0) is 25.7 Å². The second-order valence-electron chi connectivity index (χ2n) is 4.79. The molecule has 1 unspecified atom stereocenters. The molecule has 82 valence electrons. The minimum absolute atomic E-state index is 0.241. The number of hydrogen-bond donors (Lipinski definition) is 0. The van der Waals surface area contributed by atoms with Crippen LogP contribution in [-0.4, -0.2) is 26.5 Å². The molecule has 0 aromatic carbocycles. The zero-order chi connectivity index (χ0) is 10.1. The minimum atomic E-state index is 0.241. The van der Waals surface area contributed by atoms with Gasteiger partial charge in [-0.3, -0.25) is 4.68 Å². The molecule has 0 bridgehead atoms. The molecule has 1 aliphatic heterocycles. The highest BCUT2D eigenvalue weighted by Crippen LogP contribution is 2.43. The number of hydrogen-bond acceptors (Lipinski definition) is 3. The van der Waals surface area contributed by atoms with E-state index in [-0.39, 0.29) is 5.60 Å². The molecule has 4 nitrogen and oxygen atoms in total. The van der Waals surface area contributed by atoms with Gasteiger partial charge in [-0.2, -0.15) is 5.10 Å². The molecule has 1 aromatic rings. The van der Waals surface area contributed by atoms with Crippen LogP contribution in [-0.2, 0) is 11.3 Å². The van der Waals surface area contributed by atoms with Crippen molar-refractivity contribution in [2.24, 2.45) is 0 Å². The lowest BCUT2D eigenvalue weighted by atomic mass is 9.98. The lowest BCUT2D eigenvalue weighted by Gasteiger charge is -2.23. The summed E-state index contributed by atoms with van der Waals surface area (Å²) in [5.74, 6) is 0. The molecule has 2 heterocycles. The molecule has 15 heavy (non-hydrogen) atoms. The van der Waals surface area contributed by atoms with Crippen molar-refractivity contribution < 1.29 is 4.74 Å². The first-order valence-electron chi connectivity index (χ1n) is 5.87. The standard InChI is InChI=1S/C11H17N3O/c1-2-5-11(4-1)6-3-10(15-11)7-14-9-12-8-13-14/h8-10H,1-7H2. The highest BCUT2D eigenvalue weighted by molar-refractivity contribution is 4.92. The first-order valence-corrected chi connectivity index (χ1v) is 5.87. The summed E-state index contributed by atoms with van der Waals surface area (Å²) in [6.45, 7) is 0.863. The van der Waals surface area contributed by atoms with Crippen LogP contribution in [0.1, 0.15) is 38.5 Å². The van der Waals surface area contributed by atoms with Crippen molar-refractivity contribution in [3.05, 3.63) is 12.7 Å². The quantitative estimate of drug-likeness (QED) is 0.742. The fourth-order valence-electron chi connectivity index (χ4n) is 2.95.